The first-order valence-corrected chi connectivity index (χ1v) is 13.1. The second-order valence-electron chi connectivity index (χ2n) is 11.6. The second-order valence-corrected chi connectivity index (χ2v) is 12.7. The van der Waals surface area contributed by atoms with E-state index in [0.29, 0.717) is 4.48 Å². The number of hydrogen-bond acceptors (Lipinski definition) is 6. The minimum atomic E-state index is -0.887. The van der Waals surface area contributed by atoms with Gasteiger partial charge in [-0.3, -0.25) is 9.28 Å². The smallest absolute Gasteiger partial charge is 0.407 e. The highest BCUT2D eigenvalue weighted by molar-refractivity contribution is 7.99. The van der Waals surface area contributed by atoms with E-state index in [-0.39, 0.29) is 37.7 Å². The maximum atomic E-state index is 12.9. The van der Waals surface area contributed by atoms with Gasteiger partial charge in [0.2, 0.25) is 6.73 Å². The Labute approximate surface area is 231 Å². The van der Waals surface area contributed by atoms with Gasteiger partial charge >= 0.3 is 12.1 Å². The number of nitrogens with one attached hydrogen (secondary N) is 1. The third-order valence-corrected chi connectivity index (χ3v) is 7.46. The van der Waals surface area contributed by atoms with Crippen molar-refractivity contribution in [1.29, 1.82) is 0 Å². The standard InChI is InChI=1S/C28H39N3O4S.ClH/c1-20(17-30-21-13-9-11-15-23(21)36-24-16-12-10-14-22(24)30)31(7,8)19-34-25(32)28(5,6)18-29-26(33)35-27(2,3)4;/h9-16,20H,17-19H2,1-8H3;1H. The lowest BCUT2D eigenvalue weighted by atomic mass is 9.94. The van der Waals surface area contributed by atoms with Gasteiger partial charge in [-0.25, -0.2) is 4.79 Å². The van der Waals surface area contributed by atoms with Crippen molar-refractivity contribution in [3.05, 3.63) is 48.5 Å². The van der Waals surface area contributed by atoms with E-state index in [1.54, 1.807) is 46.4 Å². The number of para-hydroxylation sites is 2. The van der Waals surface area contributed by atoms with Gasteiger partial charge in [-0.15, -0.1) is 0 Å². The van der Waals surface area contributed by atoms with Crippen LogP contribution in [0.5, 0.6) is 0 Å². The fourth-order valence-corrected chi connectivity index (χ4v) is 4.79. The molecule has 1 atom stereocenters. The molecule has 0 saturated carbocycles. The molecule has 0 spiro atoms. The van der Waals surface area contributed by atoms with Crippen LogP contribution in [0.1, 0.15) is 41.5 Å². The summed E-state index contributed by atoms with van der Waals surface area (Å²) in [4.78, 5) is 29.8. The number of halogens is 1. The summed E-state index contributed by atoms with van der Waals surface area (Å²) in [5.74, 6) is -0.359. The molecule has 0 aliphatic carbocycles. The summed E-state index contributed by atoms with van der Waals surface area (Å²) in [5.41, 5.74) is 0.904. The molecule has 7 nitrogen and oxygen atoms in total. The van der Waals surface area contributed by atoms with E-state index in [4.69, 9.17) is 9.47 Å². The van der Waals surface area contributed by atoms with E-state index in [2.05, 4.69) is 79.8 Å². The molecule has 1 aliphatic heterocycles. The van der Waals surface area contributed by atoms with E-state index in [0.717, 1.165) is 6.54 Å². The summed E-state index contributed by atoms with van der Waals surface area (Å²) in [7, 11) is 4.14. The third-order valence-electron chi connectivity index (χ3n) is 6.33. The Hall–Kier alpha value is -2.42. The van der Waals surface area contributed by atoms with Crippen molar-refractivity contribution in [2.45, 2.75) is 63.0 Å². The number of amides is 1. The van der Waals surface area contributed by atoms with Crippen LogP contribution < -0.4 is 22.6 Å². The molecule has 9 heteroatoms. The number of rotatable bonds is 8. The Balaban J connectivity index is 0.00000481. The zero-order valence-electron chi connectivity index (χ0n) is 23.1. The molecule has 1 amide bonds. The predicted molar refractivity (Wildman–Crippen MR) is 145 cm³/mol. The Bertz CT molecular complexity index is 1060. The van der Waals surface area contributed by atoms with Crippen LogP contribution in [-0.2, 0) is 14.3 Å². The van der Waals surface area contributed by atoms with Crippen molar-refractivity contribution in [2.75, 3.05) is 38.8 Å². The van der Waals surface area contributed by atoms with Crippen LogP contribution in [0, 0.1) is 5.41 Å². The van der Waals surface area contributed by atoms with Gasteiger partial charge in [0, 0.05) is 16.3 Å². The van der Waals surface area contributed by atoms with Crippen molar-refractivity contribution in [3.63, 3.8) is 0 Å². The molecule has 1 heterocycles. The van der Waals surface area contributed by atoms with Gasteiger partial charge in [0.15, 0.2) is 0 Å². The maximum Gasteiger partial charge on any atom is 0.407 e. The normalized spacial score (nSPS) is 14.0. The van der Waals surface area contributed by atoms with Crippen LogP contribution in [0.25, 0.3) is 0 Å². The molecule has 3 rings (SSSR count). The zero-order valence-corrected chi connectivity index (χ0v) is 24.7. The average Bonchev–Trinajstić information content (AvgIpc) is 2.80. The van der Waals surface area contributed by atoms with Crippen LogP contribution in [0.4, 0.5) is 16.2 Å². The molecule has 1 aliphatic rings. The van der Waals surface area contributed by atoms with Crippen LogP contribution in [0.3, 0.4) is 0 Å². The van der Waals surface area contributed by atoms with E-state index in [1.807, 2.05) is 0 Å². The Morgan fingerprint density at radius 1 is 0.973 bits per heavy atom. The summed E-state index contributed by atoms with van der Waals surface area (Å²) < 4.78 is 11.5. The number of likely N-dealkylation sites (N-methyl/N-ethyl adjacent to an activating group) is 1. The van der Waals surface area contributed by atoms with Gasteiger partial charge < -0.3 is 32.1 Å². The highest BCUT2D eigenvalue weighted by Crippen LogP contribution is 2.48. The van der Waals surface area contributed by atoms with Crippen molar-refractivity contribution >= 4 is 35.2 Å². The molecular weight excluding hydrogens is 510 g/mol. The molecule has 0 aromatic heterocycles. The monoisotopic (exact) mass is 549 g/mol. The summed E-state index contributed by atoms with van der Waals surface area (Å²) in [6, 6.07) is 17.1. The Morgan fingerprint density at radius 2 is 1.49 bits per heavy atom. The van der Waals surface area contributed by atoms with E-state index in [9.17, 15) is 9.59 Å². The molecule has 0 saturated heterocycles. The van der Waals surface area contributed by atoms with Gasteiger partial charge in [-0.05, 0) is 65.8 Å². The lowest BCUT2D eigenvalue weighted by Crippen LogP contribution is -3.00. The third kappa shape index (κ3) is 8.03. The number of hydrogen-bond donors (Lipinski definition) is 1. The first kappa shape index (κ1) is 30.8. The van der Waals surface area contributed by atoms with Crippen LogP contribution >= 0.6 is 11.8 Å². The number of benzene rings is 2. The highest BCUT2D eigenvalue weighted by Gasteiger charge is 2.35. The SMILES string of the molecule is CC(CN1c2ccccc2Sc2ccccc21)[N+](C)(C)COC(=O)C(C)(C)CNC(=O)OC(C)(C)C.[Cl-]. The minimum absolute atomic E-state index is 0. The number of esters is 1. The van der Waals surface area contributed by atoms with E-state index >= 15 is 0 Å². The predicted octanol–water partition coefficient (Wildman–Crippen LogP) is 2.81. The molecule has 2 aromatic carbocycles. The summed E-state index contributed by atoms with van der Waals surface area (Å²) in [5, 5.41) is 2.68. The van der Waals surface area contributed by atoms with Crippen molar-refractivity contribution in [2.24, 2.45) is 5.41 Å². The molecule has 0 radical (unpaired) electrons. The second kappa shape index (κ2) is 12.0. The van der Waals surface area contributed by atoms with Crippen molar-refractivity contribution < 1.29 is 36.0 Å². The number of fused-ring (bicyclic) bond motifs is 2. The summed E-state index contributed by atoms with van der Waals surface area (Å²) in [6.07, 6.45) is -0.548. The number of anilines is 2. The van der Waals surface area contributed by atoms with E-state index in [1.165, 1.54) is 21.2 Å². The molecule has 0 fully saturated rings. The Morgan fingerprint density at radius 3 is 2.00 bits per heavy atom. The topological polar surface area (TPSA) is 67.9 Å². The summed E-state index contributed by atoms with van der Waals surface area (Å²) >= 11 is 1.79. The highest BCUT2D eigenvalue weighted by atomic mass is 35.5. The number of quaternary nitrogens is 1. The van der Waals surface area contributed by atoms with Gasteiger partial charge in [-0.2, -0.15) is 0 Å². The molecule has 1 unspecified atom stereocenters. The lowest BCUT2D eigenvalue weighted by Gasteiger charge is -2.40. The fraction of sp³-hybridized carbons (Fsp3) is 0.500. The van der Waals surface area contributed by atoms with E-state index < -0.39 is 17.1 Å². The van der Waals surface area contributed by atoms with Crippen LogP contribution in [-0.4, -0.2) is 62.1 Å². The molecule has 204 valence electrons. The van der Waals surface area contributed by atoms with Gasteiger partial charge in [0.1, 0.15) is 11.6 Å². The van der Waals surface area contributed by atoms with Crippen molar-refractivity contribution in [3.8, 4) is 0 Å². The number of carbonyl (C=O) groups is 2. The van der Waals surface area contributed by atoms with Gasteiger partial charge in [0.25, 0.3) is 0 Å². The number of alkyl carbamates (subject to hydrolysis) is 1. The van der Waals surface area contributed by atoms with Crippen LogP contribution in [0.15, 0.2) is 58.3 Å². The van der Waals surface area contributed by atoms with Gasteiger partial charge in [0.05, 0.1) is 37.4 Å². The first-order valence-electron chi connectivity index (χ1n) is 12.3. The number of ether oxygens (including phenoxy) is 2. The minimum Gasteiger partial charge on any atom is -1.00 e. The summed E-state index contributed by atoms with van der Waals surface area (Å²) in [6.45, 7) is 12.2. The lowest BCUT2D eigenvalue weighted by molar-refractivity contribution is -0.927. The zero-order chi connectivity index (χ0) is 26.7. The number of carbonyl (C=O) groups excluding carboxylic acids is 2. The molecule has 37 heavy (non-hydrogen) atoms. The fourth-order valence-electron chi connectivity index (χ4n) is 3.69. The van der Waals surface area contributed by atoms with Crippen molar-refractivity contribution in [1.82, 2.24) is 5.32 Å². The molecule has 2 aromatic rings. The Kier molecular flexibility index (Phi) is 9.96. The average molecular weight is 550 g/mol. The first-order chi connectivity index (χ1) is 16.7. The molecule has 0 bridgehead atoms. The van der Waals surface area contributed by atoms with Gasteiger partial charge in [-0.1, -0.05) is 36.0 Å². The maximum absolute atomic E-state index is 12.9. The number of nitrogens with zero attached hydrogens (tertiary/aromatic N) is 2. The largest absolute Gasteiger partial charge is 1.00 e. The quantitative estimate of drug-likeness (QED) is 0.310. The molecule has 1 N–H and O–H groups in total. The molecular formula is C28H40ClN3O4S. The van der Waals surface area contributed by atoms with Crippen LogP contribution in [0.2, 0.25) is 0 Å².